The van der Waals surface area contributed by atoms with Crippen LogP contribution < -0.4 is 9.47 Å². The lowest BCUT2D eigenvalue weighted by atomic mass is 10.00. The number of aromatic nitrogens is 3. The van der Waals surface area contributed by atoms with Crippen LogP contribution in [-0.4, -0.2) is 38.8 Å². The Morgan fingerprint density at radius 1 is 1.11 bits per heavy atom. The van der Waals surface area contributed by atoms with Gasteiger partial charge in [0.15, 0.2) is 11.5 Å². The van der Waals surface area contributed by atoms with E-state index in [4.69, 9.17) is 40.7 Å². The molecule has 1 N–H and O–H groups in total. The summed E-state index contributed by atoms with van der Waals surface area (Å²) in [6.07, 6.45) is 2.53. The Bertz CT molecular complexity index is 1840. The minimum absolute atomic E-state index is 0.00517. The Kier molecular flexibility index (Phi) is 7.96. The summed E-state index contributed by atoms with van der Waals surface area (Å²) in [5.74, 6) is -1.11. The number of aryl methyl sites for hydroxylation is 1. The number of nitrogens with zero attached hydrogens (tertiary/aromatic N) is 3. The minimum atomic E-state index is -1.22. The number of carboxylic acid groups (broad SMARTS) is 1. The average molecular weight is 620 g/mol. The summed E-state index contributed by atoms with van der Waals surface area (Å²) in [7, 11) is 0. The number of pyridine rings is 1. The van der Waals surface area contributed by atoms with Crippen molar-refractivity contribution in [3.63, 3.8) is 0 Å². The van der Waals surface area contributed by atoms with E-state index < -0.39 is 17.4 Å². The number of halogens is 3. The van der Waals surface area contributed by atoms with Crippen molar-refractivity contribution in [1.29, 1.82) is 0 Å². The van der Waals surface area contributed by atoms with Crippen molar-refractivity contribution in [3.05, 3.63) is 106 Å². The van der Waals surface area contributed by atoms with Crippen LogP contribution in [0.4, 0.5) is 8.78 Å². The topological polar surface area (TPSA) is 95.7 Å². The lowest BCUT2D eigenvalue weighted by Crippen LogP contribution is -2.32. The fraction of sp³-hybridized carbons (Fsp3) is 0.242. The fourth-order valence-corrected chi connectivity index (χ4v) is 5.55. The van der Waals surface area contributed by atoms with Gasteiger partial charge in [-0.25, -0.2) is 13.8 Å². The third-order valence-corrected chi connectivity index (χ3v) is 7.95. The first-order valence-corrected chi connectivity index (χ1v) is 14.3. The Morgan fingerprint density at radius 2 is 1.86 bits per heavy atom. The zero-order valence-electron chi connectivity index (χ0n) is 23.9. The second-order valence-corrected chi connectivity index (χ2v) is 11.2. The zero-order valence-corrected chi connectivity index (χ0v) is 24.6. The van der Waals surface area contributed by atoms with Crippen LogP contribution >= 0.6 is 11.6 Å². The second kappa shape index (κ2) is 11.9. The second-order valence-electron chi connectivity index (χ2n) is 10.8. The summed E-state index contributed by atoms with van der Waals surface area (Å²) in [6, 6.07) is 17.3. The predicted molar refractivity (Wildman–Crippen MR) is 160 cm³/mol. The Labute approximate surface area is 256 Å². The zero-order chi connectivity index (χ0) is 31.0. The van der Waals surface area contributed by atoms with E-state index in [0.717, 1.165) is 29.6 Å². The number of hydrogen-bond acceptors (Lipinski definition) is 6. The number of imidazole rings is 1. The molecule has 0 spiro atoms. The largest absolute Gasteiger partial charge is 0.483 e. The molecule has 2 atom stereocenters. The van der Waals surface area contributed by atoms with Gasteiger partial charge in [0.25, 0.3) is 12.3 Å². The van der Waals surface area contributed by atoms with Crippen molar-refractivity contribution >= 4 is 29.1 Å². The number of hydrogen-bond donors (Lipinski definition) is 1. The molecule has 3 aromatic carbocycles. The third kappa shape index (κ3) is 5.58. The smallest absolute Gasteiger partial charge is 0.292 e. The SMILES string of the molecule is Cc1ccc2nc(Cc3c(F)cc(-c4cccc5c4OC(C)(c4ccc(Cl)cn4)O5)cc3F)n(CC3CCO3)c2c1.O=CO. The highest BCUT2D eigenvalue weighted by Crippen LogP contribution is 2.49. The molecule has 2 aliphatic rings. The van der Waals surface area contributed by atoms with Crippen molar-refractivity contribution < 1.29 is 32.9 Å². The molecule has 5 aromatic rings. The molecule has 0 amide bonds. The molecule has 2 unspecified atom stereocenters. The summed E-state index contributed by atoms with van der Waals surface area (Å²) < 4.78 is 51.4. The highest BCUT2D eigenvalue weighted by Gasteiger charge is 2.41. The molecule has 4 heterocycles. The van der Waals surface area contributed by atoms with Crippen LogP contribution in [0.2, 0.25) is 5.02 Å². The van der Waals surface area contributed by atoms with Crippen LogP contribution in [0.15, 0.2) is 66.9 Å². The van der Waals surface area contributed by atoms with Gasteiger partial charge in [-0.2, -0.15) is 0 Å². The molecular weight excluding hydrogens is 592 g/mol. The van der Waals surface area contributed by atoms with Gasteiger partial charge >= 0.3 is 0 Å². The van der Waals surface area contributed by atoms with Crippen LogP contribution in [0.3, 0.4) is 0 Å². The van der Waals surface area contributed by atoms with E-state index in [0.29, 0.717) is 45.7 Å². The number of fused-ring (bicyclic) bond motifs is 2. The summed E-state index contributed by atoms with van der Waals surface area (Å²) in [6.45, 7) is 4.81. The molecule has 0 bridgehead atoms. The van der Waals surface area contributed by atoms with E-state index in [-0.39, 0.29) is 24.6 Å². The van der Waals surface area contributed by atoms with Crippen LogP contribution in [0.5, 0.6) is 11.5 Å². The van der Waals surface area contributed by atoms with E-state index in [1.807, 2.05) is 29.7 Å². The summed E-state index contributed by atoms with van der Waals surface area (Å²) >= 11 is 5.99. The number of carbonyl (C=O) groups is 1. The van der Waals surface area contributed by atoms with Crippen molar-refractivity contribution in [3.8, 4) is 22.6 Å². The van der Waals surface area contributed by atoms with E-state index in [2.05, 4.69) is 4.98 Å². The van der Waals surface area contributed by atoms with Gasteiger partial charge in [0, 0.05) is 37.3 Å². The van der Waals surface area contributed by atoms with E-state index in [1.54, 1.807) is 37.3 Å². The van der Waals surface area contributed by atoms with Gasteiger partial charge in [0.05, 0.1) is 28.7 Å². The molecule has 2 aliphatic heterocycles. The minimum Gasteiger partial charge on any atom is -0.483 e. The van der Waals surface area contributed by atoms with E-state index >= 15 is 8.78 Å². The van der Waals surface area contributed by atoms with Gasteiger partial charge in [-0.05, 0) is 66.9 Å². The molecule has 11 heteroatoms. The summed E-state index contributed by atoms with van der Waals surface area (Å²) in [5.41, 5.74) is 4.13. The van der Waals surface area contributed by atoms with Crippen molar-refractivity contribution in [2.75, 3.05) is 6.61 Å². The fourth-order valence-electron chi connectivity index (χ4n) is 5.44. The molecule has 8 nitrogen and oxygen atoms in total. The van der Waals surface area contributed by atoms with Gasteiger partial charge in [-0.3, -0.25) is 9.78 Å². The molecule has 2 aromatic heterocycles. The molecular formula is C33H28ClF2N3O5. The molecule has 44 heavy (non-hydrogen) atoms. The normalized spacial score (nSPS) is 18.4. The van der Waals surface area contributed by atoms with Crippen LogP contribution in [0.1, 0.15) is 36.0 Å². The molecule has 0 saturated carbocycles. The van der Waals surface area contributed by atoms with E-state index in [1.165, 1.54) is 18.3 Å². The molecule has 1 saturated heterocycles. The summed E-state index contributed by atoms with van der Waals surface area (Å²) in [4.78, 5) is 17.4. The first-order valence-electron chi connectivity index (χ1n) is 14.0. The molecule has 226 valence electrons. The highest BCUT2D eigenvalue weighted by molar-refractivity contribution is 6.30. The highest BCUT2D eigenvalue weighted by atomic mass is 35.5. The Balaban J connectivity index is 0.00000110. The van der Waals surface area contributed by atoms with Crippen LogP contribution in [0, 0.1) is 18.6 Å². The Hall–Kier alpha value is -4.54. The number of rotatable bonds is 6. The number of benzene rings is 3. The van der Waals surface area contributed by atoms with Crippen LogP contribution in [-0.2, 0) is 28.3 Å². The van der Waals surface area contributed by atoms with Gasteiger partial charge in [0.2, 0.25) is 0 Å². The van der Waals surface area contributed by atoms with Crippen molar-refractivity contribution in [1.82, 2.24) is 14.5 Å². The lowest BCUT2D eigenvalue weighted by Gasteiger charge is -2.27. The third-order valence-electron chi connectivity index (χ3n) is 7.72. The molecule has 1 fully saturated rings. The monoisotopic (exact) mass is 619 g/mol. The maximum absolute atomic E-state index is 15.7. The van der Waals surface area contributed by atoms with Crippen LogP contribution in [0.25, 0.3) is 22.2 Å². The first kappa shape index (κ1) is 29.5. The molecule has 7 rings (SSSR count). The molecule has 0 radical (unpaired) electrons. The number of ether oxygens (including phenoxy) is 3. The quantitative estimate of drug-likeness (QED) is 0.203. The predicted octanol–water partition coefficient (Wildman–Crippen LogP) is 7.06. The lowest BCUT2D eigenvalue weighted by molar-refractivity contribution is -0.122. The van der Waals surface area contributed by atoms with Crippen molar-refractivity contribution in [2.24, 2.45) is 0 Å². The number of para-hydroxylation sites is 1. The summed E-state index contributed by atoms with van der Waals surface area (Å²) in [5, 5.41) is 7.38. The first-order chi connectivity index (χ1) is 21.2. The molecule has 0 aliphatic carbocycles. The van der Waals surface area contributed by atoms with Gasteiger partial charge < -0.3 is 23.9 Å². The van der Waals surface area contributed by atoms with Gasteiger partial charge in [-0.15, -0.1) is 0 Å². The standard InChI is InChI=1S/C32H26ClF2N3O3.CH2O2/c1-18-6-8-26-27(12-18)38(17-21-10-11-39-21)30(37-26)15-23-24(34)13-19(14-25(23)35)22-4-3-5-28-31(22)41-32(2,40-28)29-9-7-20(33)16-36-29;2-1-3/h3-9,12-14,16,21H,10-11,15,17H2,1-2H3;1H,(H,2,3). The maximum atomic E-state index is 15.7. The van der Waals surface area contributed by atoms with Crippen molar-refractivity contribution in [2.45, 2.75) is 45.1 Å². The van der Waals surface area contributed by atoms with Gasteiger partial charge in [0.1, 0.15) is 23.2 Å². The van der Waals surface area contributed by atoms with E-state index in [9.17, 15) is 0 Å². The average Bonchev–Trinajstić information content (AvgIpc) is 3.49. The van der Waals surface area contributed by atoms with Gasteiger partial charge in [-0.1, -0.05) is 29.8 Å². The maximum Gasteiger partial charge on any atom is 0.292 e. The Morgan fingerprint density at radius 3 is 2.52 bits per heavy atom.